The molecule has 0 unspecified atom stereocenters. The molecule has 0 aliphatic heterocycles. The van der Waals surface area contributed by atoms with Gasteiger partial charge >= 0.3 is 5.97 Å². The highest BCUT2D eigenvalue weighted by Crippen LogP contribution is 2.21. The second-order valence-corrected chi connectivity index (χ2v) is 11.0. The fourth-order valence-corrected chi connectivity index (χ4v) is 5.07. The average molecular weight is 610 g/mol. The van der Waals surface area contributed by atoms with E-state index in [1.807, 2.05) is 104 Å². The van der Waals surface area contributed by atoms with E-state index in [1.165, 1.54) is 0 Å². The van der Waals surface area contributed by atoms with Crippen molar-refractivity contribution in [2.24, 2.45) is 5.92 Å². The number of hydrogen-bond acceptors (Lipinski definition) is 5. The number of carbonyl (C=O) groups excluding carboxylic acids is 3. The molecule has 0 radical (unpaired) electrons. The molecule has 8 heteroatoms. The minimum Gasteiger partial charge on any atom is -0.497 e. The molecule has 0 aliphatic rings. The lowest BCUT2D eigenvalue weighted by Gasteiger charge is -2.22. The molecule has 1 heterocycles. The number of unbranched alkanes of at least 4 members (excludes halogenated alkanes) is 1. The topological polar surface area (TPSA) is 110 Å². The zero-order valence-corrected chi connectivity index (χ0v) is 26.1. The summed E-state index contributed by atoms with van der Waals surface area (Å²) >= 11 is 0. The third kappa shape index (κ3) is 10.4. The van der Waals surface area contributed by atoms with Crippen LogP contribution in [0, 0.1) is 5.92 Å². The number of methoxy groups -OCH3 is 1. The Bertz CT molecular complexity index is 1550. The lowest BCUT2D eigenvalue weighted by atomic mass is 9.97. The Hall–Kier alpha value is -4.85. The van der Waals surface area contributed by atoms with Gasteiger partial charge in [-0.25, -0.2) is 0 Å². The zero-order chi connectivity index (χ0) is 31.9. The van der Waals surface area contributed by atoms with Crippen LogP contribution in [0.25, 0.3) is 17.0 Å². The van der Waals surface area contributed by atoms with Gasteiger partial charge in [0.25, 0.3) is 0 Å². The second kappa shape index (κ2) is 17.4. The van der Waals surface area contributed by atoms with E-state index in [0.29, 0.717) is 32.4 Å². The van der Waals surface area contributed by atoms with Crippen molar-refractivity contribution in [3.63, 3.8) is 0 Å². The van der Waals surface area contributed by atoms with Gasteiger partial charge in [0.05, 0.1) is 26.1 Å². The number of fused-ring (bicyclic) bond motifs is 1. The van der Waals surface area contributed by atoms with Gasteiger partial charge in [-0.2, -0.15) is 0 Å². The largest absolute Gasteiger partial charge is 0.497 e. The van der Waals surface area contributed by atoms with Gasteiger partial charge in [-0.15, -0.1) is 0 Å². The summed E-state index contributed by atoms with van der Waals surface area (Å²) in [7, 11) is 1.61. The van der Waals surface area contributed by atoms with Crippen molar-refractivity contribution < 1.29 is 23.9 Å². The summed E-state index contributed by atoms with van der Waals surface area (Å²) < 4.78 is 10.6. The summed E-state index contributed by atoms with van der Waals surface area (Å²) in [6.45, 7) is 2.77. The van der Waals surface area contributed by atoms with E-state index in [2.05, 4.69) is 15.6 Å². The van der Waals surface area contributed by atoms with E-state index in [9.17, 15) is 14.4 Å². The molecule has 2 atom stereocenters. The van der Waals surface area contributed by atoms with Crippen LogP contribution >= 0.6 is 0 Å². The van der Waals surface area contributed by atoms with Crippen molar-refractivity contribution >= 4 is 34.8 Å². The number of H-pyrrole nitrogens is 1. The minimum absolute atomic E-state index is 0.0854. The van der Waals surface area contributed by atoms with Crippen LogP contribution in [-0.2, 0) is 32.0 Å². The first kappa shape index (κ1) is 33.1. The monoisotopic (exact) mass is 609 g/mol. The predicted octanol–water partition coefficient (Wildman–Crippen LogP) is 6.02. The van der Waals surface area contributed by atoms with Gasteiger partial charge < -0.3 is 25.1 Å². The van der Waals surface area contributed by atoms with E-state index in [-0.39, 0.29) is 18.2 Å². The normalized spacial score (nSPS) is 12.5. The van der Waals surface area contributed by atoms with Crippen LogP contribution in [0.2, 0.25) is 0 Å². The molecule has 8 nitrogen and oxygen atoms in total. The first-order chi connectivity index (χ1) is 22.0. The van der Waals surface area contributed by atoms with Crippen LogP contribution < -0.4 is 15.4 Å². The smallest absolute Gasteiger partial charge is 0.306 e. The number of benzene rings is 3. The number of esters is 1. The quantitative estimate of drug-likeness (QED) is 0.100. The number of nitrogens with one attached hydrogen (secondary N) is 3. The van der Waals surface area contributed by atoms with E-state index in [1.54, 1.807) is 7.11 Å². The Labute approximate surface area is 265 Å². The molecule has 2 amide bonds. The molecule has 4 aromatic rings. The van der Waals surface area contributed by atoms with Crippen molar-refractivity contribution in [3.05, 3.63) is 108 Å². The number of aromatic nitrogens is 1. The summed E-state index contributed by atoms with van der Waals surface area (Å²) in [6.07, 6.45) is 8.49. The Kier molecular flexibility index (Phi) is 12.8. The van der Waals surface area contributed by atoms with Crippen molar-refractivity contribution in [1.82, 2.24) is 15.6 Å². The van der Waals surface area contributed by atoms with E-state index in [0.717, 1.165) is 46.2 Å². The van der Waals surface area contributed by atoms with Crippen molar-refractivity contribution in [1.29, 1.82) is 0 Å². The van der Waals surface area contributed by atoms with Crippen LogP contribution in [0.3, 0.4) is 0 Å². The van der Waals surface area contributed by atoms with Crippen molar-refractivity contribution in [3.8, 4) is 5.75 Å². The number of ether oxygens (including phenoxy) is 2. The van der Waals surface area contributed by atoms with E-state index < -0.39 is 17.9 Å². The minimum atomic E-state index is -0.836. The number of hydrogen-bond donors (Lipinski definition) is 3. The van der Waals surface area contributed by atoms with Crippen molar-refractivity contribution in [2.75, 3.05) is 20.3 Å². The van der Waals surface area contributed by atoms with Gasteiger partial charge in [0, 0.05) is 30.1 Å². The number of aromatic amines is 1. The third-order valence-electron chi connectivity index (χ3n) is 7.68. The predicted molar refractivity (Wildman–Crippen MR) is 178 cm³/mol. The lowest BCUT2D eigenvalue weighted by molar-refractivity contribution is -0.147. The van der Waals surface area contributed by atoms with E-state index >= 15 is 0 Å². The number of carbonyl (C=O) groups is 3. The van der Waals surface area contributed by atoms with Crippen LogP contribution in [0.1, 0.15) is 49.3 Å². The van der Waals surface area contributed by atoms with Gasteiger partial charge in [-0.3, -0.25) is 14.4 Å². The molecule has 4 rings (SSSR count). The van der Waals surface area contributed by atoms with Gasteiger partial charge in [0.2, 0.25) is 11.8 Å². The summed E-state index contributed by atoms with van der Waals surface area (Å²) in [6, 6.07) is 24.5. The molecule has 1 aromatic heterocycles. The summed E-state index contributed by atoms with van der Waals surface area (Å²) in [5, 5.41) is 6.98. The molecule has 45 heavy (non-hydrogen) atoms. The van der Waals surface area contributed by atoms with E-state index in [4.69, 9.17) is 9.47 Å². The molecule has 0 fully saturated rings. The fourth-order valence-electron chi connectivity index (χ4n) is 5.07. The summed E-state index contributed by atoms with van der Waals surface area (Å²) in [5.41, 5.74) is 3.93. The number of amides is 2. The highest BCUT2D eigenvalue weighted by molar-refractivity contribution is 5.91. The SMILES string of the molecule is CCCCOC(=O)C[C@@H](C/C=C/c1ccc(OC)cc1)C(=O)N[C@@H](Cc1c[nH]c2ccccc12)C(=O)NCCc1ccccc1. The highest BCUT2D eigenvalue weighted by Gasteiger charge is 2.28. The maximum atomic E-state index is 13.8. The molecule has 0 saturated heterocycles. The van der Waals surface area contributed by atoms with Gasteiger partial charge in [-0.1, -0.05) is 86.2 Å². The fraction of sp³-hybridized carbons (Fsp3) is 0.324. The number of rotatable bonds is 17. The Morgan fingerprint density at radius 1 is 0.933 bits per heavy atom. The molecule has 236 valence electrons. The maximum Gasteiger partial charge on any atom is 0.306 e. The molecule has 3 aromatic carbocycles. The molecule has 3 N–H and O–H groups in total. The molecule has 0 spiro atoms. The van der Waals surface area contributed by atoms with Gasteiger partial charge in [-0.05, 0) is 54.2 Å². The number of allylic oxidation sites excluding steroid dienone is 1. The molecule has 0 bridgehead atoms. The standard InChI is InChI=1S/C37H43N3O5/c1-3-4-23-45-35(41)25-29(14-10-13-28-17-19-31(44-2)20-18-28)36(42)40-34(24-30-26-39-33-16-9-8-15-32(30)33)37(43)38-22-21-27-11-6-5-7-12-27/h5-13,15-20,26,29,34,39H,3-4,14,21-25H2,1-2H3,(H,38,43)(H,40,42)/b13-10+/t29-,34+/m1/s1. The molecule has 0 saturated carbocycles. The Morgan fingerprint density at radius 3 is 2.44 bits per heavy atom. The van der Waals surface area contributed by atoms with Gasteiger partial charge in [0.1, 0.15) is 11.8 Å². The lowest BCUT2D eigenvalue weighted by Crippen LogP contribution is -2.50. The summed E-state index contributed by atoms with van der Waals surface area (Å²) in [5.74, 6) is -1.03. The molecular weight excluding hydrogens is 566 g/mol. The van der Waals surface area contributed by atoms with Gasteiger partial charge in [0.15, 0.2) is 0 Å². The third-order valence-corrected chi connectivity index (χ3v) is 7.68. The van der Waals surface area contributed by atoms with Crippen LogP contribution in [0.5, 0.6) is 5.75 Å². The second-order valence-electron chi connectivity index (χ2n) is 11.0. The van der Waals surface area contributed by atoms with Crippen LogP contribution in [0.15, 0.2) is 91.1 Å². The first-order valence-corrected chi connectivity index (χ1v) is 15.6. The zero-order valence-electron chi connectivity index (χ0n) is 26.1. The van der Waals surface area contributed by atoms with Crippen LogP contribution in [0.4, 0.5) is 0 Å². The Morgan fingerprint density at radius 2 is 1.69 bits per heavy atom. The highest BCUT2D eigenvalue weighted by atomic mass is 16.5. The molecule has 0 aliphatic carbocycles. The first-order valence-electron chi connectivity index (χ1n) is 15.6. The Balaban J connectivity index is 1.49. The maximum absolute atomic E-state index is 13.8. The molecular formula is C37H43N3O5. The number of para-hydroxylation sites is 1. The summed E-state index contributed by atoms with van der Waals surface area (Å²) in [4.78, 5) is 43.3. The van der Waals surface area contributed by atoms with Crippen molar-refractivity contribution in [2.45, 2.75) is 51.5 Å². The average Bonchev–Trinajstić information content (AvgIpc) is 3.47. The van der Waals surface area contributed by atoms with Crippen LogP contribution in [-0.4, -0.2) is 49.1 Å².